The lowest BCUT2D eigenvalue weighted by Crippen LogP contribution is -2.44. The van der Waals surface area contributed by atoms with Crippen LogP contribution in [0.15, 0.2) is 0 Å². The van der Waals surface area contributed by atoms with Crippen molar-refractivity contribution in [1.29, 1.82) is 0 Å². The third kappa shape index (κ3) is 5.35. The third-order valence-electron chi connectivity index (χ3n) is 2.72. The van der Waals surface area contributed by atoms with Crippen LogP contribution in [-0.2, 0) is 9.53 Å². The number of ether oxygens (including phenoxy) is 1. The van der Waals surface area contributed by atoms with Crippen molar-refractivity contribution in [3.63, 3.8) is 0 Å². The van der Waals surface area contributed by atoms with E-state index in [0.29, 0.717) is 19.5 Å². The molecule has 0 bridgehead atoms. The molecule has 0 spiro atoms. The second-order valence-electron chi connectivity index (χ2n) is 5.68. The Morgan fingerprint density at radius 3 is 2.61 bits per heavy atom. The van der Waals surface area contributed by atoms with Crippen molar-refractivity contribution in [2.24, 2.45) is 11.8 Å². The summed E-state index contributed by atoms with van der Waals surface area (Å²) in [7, 11) is 0. The van der Waals surface area contributed by atoms with Crippen LogP contribution in [-0.4, -0.2) is 42.4 Å². The summed E-state index contributed by atoms with van der Waals surface area (Å²) in [6, 6.07) is 0. The monoisotopic (exact) mass is 258 g/mol. The van der Waals surface area contributed by atoms with Crippen LogP contribution in [0, 0.1) is 11.8 Å². The molecule has 1 aliphatic heterocycles. The number of nitrogens with one attached hydrogen (secondary N) is 2. The first-order chi connectivity index (χ1) is 8.28. The second-order valence-corrected chi connectivity index (χ2v) is 5.68. The van der Waals surface area contributed by atoms with E-state index in [9.17, 15) is 9.59 Å². The highest BCUT2D eigenvalue weighted by Gasteiger charge is 2.27. The number of carbonyl (C=O) groups is 2. The van der Waals surface area contributed by atoms with E-state index in [4.69, 9.17) is 9.84 Å². The van der Waals surface area contributed by atoms with Gasteiger partial charge in [-0.15, -0.1) is 0 Å². The fourth-order valence-corrected chi connectivity index (χ4v) is 1.92. The lowest BCUT2D eigenvalue weighted by atomic mass is 9.90. The average molecular weight is 258 g/mol. The van der Waals surface area contributed by atoms with E-state index in [1.165, 1.54) is 0 Å². The molecule has 1 aliphatic rings. The molecule has 0 aliphatic carbocycles. The zero-order valence-corrected chi connectivity index (χ0v) is 11.2. The molecular formula is C12H22N2O4. The van der Waals surface area contributed by atoms with Crippen molar-refractivity contribution in [3.8, 4) is 0 Å². The number of hydrogen-bond acceptors (Lipinski definition) is 4. The first-order valence-electron chi connectivity index (χ1n) is 6.18. The van der Waals surface area contributed by atoms with Crippen molar-refractivity contribution in [2.75, 3.05) is 19.6 Å². The van der Waals surface area contributed by atoms with Crippen LogP contribution in [0.5, 0.6) is 0 Å². The minimum absolute atomic E-state index is 0.132. The molecule has 0 radical (unpaired) electrons. The molecule has 0 aromatic rings. The van der Waals surface area contributed by atoms with Crippen molar-refractivity contribution in [1.82, 2.24) is 10.6 Å². The first-order valence-corrected chi connectivity index (χ1v) is 6.18. The number of rotatable bonds is 3. The van der Waals surface area contributed by atoms with Crippen LogP contribution in [0.25, 0.3) is 0 Å². The maximum Gasteiger partial charge on any atom is 0.407 e. The van der Waals surface area contributed by atoms with Crippen LogP contribution in [0.3, 0.4) is 0 Å². The summed E-state index contributed by atoms with van der Waals surface area (Å²) in [4.78, 5) is 22.3. The molecule has 0 saturated carbocycles. The van der Waals surface area contributed by atoms with Crippen LogP contribution >= 0.6 is 0 Å². The molecule has 18 heavy (non-hydrogen) atoms. The van der Waals surface area contributed by atoms with E-state index in [1.807, 2.05) is 0 Å². The van der Waals surface area contributed by atoms with E-state index < -0.39 is 17.7 Å². The lowest BCUT2D eigenvalue weighted by molar-refractivity contribution is -0.142. The second kappa shape index (κ2) is 6.04. The maximum absolute atomic E-state index is 11.4. The Kier molecular flexibility index (Phi) is 4.95. The van der Waals surface area contributed by atoms with E-state index in [2.05, 4.69) is 10.6 Å². The molecule has 1 fully saturated rings. The summed E-state index contributed by atoms with van der Waals surface area (Å²) in [5.74, 6) is -1.03. The van der Waals surface area contributed by atoms with Crippen LogP contribution < -0.4 is 10.6 Å². The Balaban J connectivity index is 2.31. The molecule has 6 nitrogen and oxygen atoms in total. The van der Waals surface area contributed by atoms with Gasteiger partial charge in [-0.2, -0.15) is 0 Å². The predicted octanol–water partition coefficient (Wildman–Crippen LogP) is 0.821. The topological polar surface area (TPSA) is 87.7 Å². The number of piperidine rings is 1. The Morgan fingerprint density at radius 2 is 2.06 bits per heavy atom. The molecule has 1 amide bonds. The quantitative estimate of drug-likeness (QED) is 0.697. The standard InChI is InChI=1S/C12H22N2O4/c1-12(2,3)18-11(17)14-6-8-4-9(10(15)16)7-13-5-8/h8-9,13H,4-7H2,1-3H3,(H,14,17)(H,15,16). The summed E-state index contributed by atoms with van der Waals surface area (Å²) in [6.45, 7) is 7.06. The minimum atomic E-state index is -0.788. The van der Waals surface area contributed by atoms with E-state index in [0.717, 1.165) is 6.54 Å². The molecule has 1 saturated heterocycles. The summed E-state index contributed by atoms with van der Waals surface area (Å²) in [5.41, 5.74) is -0.515. The van der Waals surface area contributed by atoms with Crippen molar-refractivity contribution in [2.45, 2.75) is 32.8 Å². The zero-order valence-electron chi connectivity index (χ0n) is 11.2. The molecule has 6 heteroatoms. The SMILES string of the molecule is CC(C)(C)OC(=O)NCC1CNCC(C(=O)O)C1. The Labute approximate surface area is 107 Å². The van der Waals surface area contributed by atoms with Gasteiger partial charge in [-0.1, -0.05) is 0 Å². The highest BCUT2D eigenvalue weighted by molar-refractivity contribution is 5.70. The van der Waals surface area contributed by atoms with Gasteiger partial charge in [0.05, 0.1) is 5.92 Å². The maximum atomic E-state index is 11.4. The van der Waals surface area contributed by atoms with Gasteiger partial charge in [-0.3, -0.25) is 4.79 Å². The summed E-state index contributed by atoms with van der Waals surface area (Å²) in [5, 5.41) is 14.7. The van der Waals surface area contributed by atoms with Crippen LogP contribution in [0.1, 0.15) is 27.2 Å². The minimum Gasteiger partial charge on any atom is -0.481 e. The van der Waals surface area contributed by atoms with E-state index in [1.54, 1.807) is 20.8 Å². The fourth-order valence-electron chi connectivity index (χ4n) is 1.92. The molecular weight excluding hydrogens is 236 g/mol. The number of hydrogen-bond donors (Lipinski definition) is 3. The van der Waals surface area contributed by atoms with Crippen molar-refractivity contribution < 1.29 is 19.4 Å². The van der Waals surface area contributed by atoms with Crippen molar-refractivity contribution >= 4 is 12.1 Å². The molecule has 2 atom stereocenters. The van der Waals surface area contributed by atoms with Crippen molar-refractivity contribution in [3.05, 3.63) is 0 Å². The van der Waals surface area contributed by atoms with Gasteiger partial charge in [-0.25, -0.2) is 4.79 Å². The Hall–Kier alpha value is -1.30. The summed E-state index contributed by atoms with van der Waals surface area (Å²) >= 11 is 0. The van der Waals surface area contributed by atoms with Crippen LogP contribution in [0.4, 0.5) is 4.79 Å². The number of carbonyl (C=O) groups excluding carboxylic acids is 1. The normalized spacial score (nSPS) is 24.4. The molecule has 0 aromatic heterocycles. The molecule has 1 heterocycles. The van der Waals surface area contributed by atoms with E-state index >= 15 is 0 Å². The van der Waals surface area contributed by atoms with Gasteiger partial charge < -0.3 is 20.5 Å². The number of carboxylic acid groups (broad SMARTS) is 1. The van der Waals surface area contributed by atoms with Gasteiger partial charge in [-0.05, 0) is 39.7 Å². The number of aliphatic carboxylic acids is 1. The Morgan fingerprint density at radius 1 is 1.39 bits per heavy atom. The number of amides is 1. The van der Waals surface area contributed by atoms with Gasteiger partial charge in [0.25, 0.3) is 0 Å². The van der Waals surface area contributed by atoms with Gasteiger partial charge in [0.15, 0.2) is 0 Å². The third-order valence-corrected chi connectivity index (χ3v) is 2.72. The van der Waals surface area contributed by atoms with E-state index in [-0.39, 0.29) is 11.8 Å². The average Bonchev–Trinajstić information content (AvgIpc) is 2.24. The highest BCUT2D eigenvalue weighted by Crippen LogP contribution is 2.16. The smallest absolute Gasteiger partial charge is 0.407 e. The number of alkyl carbamates (subject to hydrolysis) is 1. The summed E-state index contributed by atoms with van der Waals surface area (Å²) in [6.07, 6.45) is 0.123. The predicted molar refractivity (Wildman–Crippen MR) is 66.3 cm³/mol. The lowest BCUT2D eigenvalue weighted by Gasteiger charge is -2.28. The Bertz CT molecular complexity index is 312. The molecule has 2 unspecified atom stereocenters. The molecule has 3 N–H and O–H groups in total. The van der Waals surface area contributed by atoms with Gasteiger partial charge >= 0.3 is 12.1 Å². The van der Waals surface area contributed by atoms with Gasteiger partial charge in [0.2, 0.25) is 0 Å². The van der Waals surface area contributed by atoms with Gasteiger partial charge in [0.1, 0.15) is 5.60 Å². The van der Waals surface area contributed by atoms with Gasteiger partial charge in [0, 0.05) is 13.1 Å². The summed E-state index contributed by atoms with van der Waals surface area (Å²) < 4.78 is 5.12. The number of carboxylic acids is 1. The van der Waals surface area contributed by atoms with Crippen LogP contribution in [0.2, 0.25) is 0 Å². The molecule has 1 rings (SSSR count). The highest BCUT2D eigenvalue weighted by atomic mass is 16.6. The first kappa shape index (κ1) is 14.8. The fraction of sp³-hybridized carbons (Fsp3) is 0.833. The molecule has 0 aromatic carbocycles. The zero-order chi connectivity index (χ0) is 13.8. The largest absolute Gasteiger partial charge is 0.481 e. The molecule has 104 valence electrons.